The second kappa shape index (κ2) is 7.74. The second-order valence-corrected chi connectivity index (χ2v) is 4.65. The number of carbonyl (C=O) groups is 1. The van der Waals surface area contributed by atoms with Gasteiger partial charge in [0, 0.05) is 12.1 Å². The molecule has 19 heavy (non-hydrogen) atoms. The maximum atomic E-state index is 13.3. The SMILES string of the molecule is CC(C)NC(=O)CCOc1cc(F)cc(CCN)c1. The highest BCUT2D eigenvalue weighted by Gasteiger charge is 2.05. The minimum atomic E-state index is -0.354. The Morgan fingerprint density at radius 1 is 1.42 bits per heavy atom. The van der Waals surface area contributed by atoms with E-state index in [9.17, 15) is 9.18 Å². The zero-order valence-corrected chi connectivity index (χ0v) is 11.4. The lowest BCUT2D eigenvalue weighted by atomic mass is 10.1. The highest BCUT2D eigenvalue weighted by atomic mass is 19.1. The number of benzene rings is 1. The van der Waals surface area contributed by atoms with Crippen LogP contribution in [-0.2, 0) is 11.2 Å². The molecule has 0 fully saturated rings. The Hall–Kier alpha value is -1.62. The fraction of sp³-hybridized carbons (Fsp3) is 0.500. The van der Waals surface area contributed by atoms with E-state index in [0.717, 1.165) is 5.56 Å². The summed E-state index contributed by atoms with van der Waals surface area (Å²) < 4.78 is 18.7. The van der Waals surface area contributed by atoms with Crippen molar-refractivity contribution in [1.82, 2.24) is 5.32 Å². The minimum Gasteiger partial charge on any atom is -0.493 e. The third kappa shape index (κ3) is 6.20. The van der Waals surface area contributed by atoms with Crippen LogP contribution in [0, 0.1) is 5.82 Å². The van der Waals surface area contributed by atoms with Gasteiger partial charge in [0.25, 0.3) is 0 Å². The van der Waals surface area contributed by atoms with E-state index in [0.29, 0.717) is 18.7 Å². The Morgan fingerprint density at radius 3 is 2.79 bits per heavy atom. The van der Waals surface area contributed by atoms with Gasteiger partial charge in [0.1, 0.15) is 11.6 Å². The van der Waals surface area contributed by atoms with Gasteiger partial charge in [-0.25, -0.2) is 4.39 Å². The molecule has 0 aliphatic rings. The monoisotopic (exact) mass is 268 g/mol. The molecule has 106 valence electrons. The first kappa shape index (κ1) is 15.4. The second-order valence-electron chi connectivity index (χ2n) is 4.65. The molecule has 0 aliphatic carbocycles. The first-order chi connectivity index (χ1) is 9.01. The van der Waals surface area contributed by atoms with Crippen molar-refractivity contribution in [2.24, 2.45) is 5.73 Å². The molecule has 1 aromatic carbocycles. The molecule has 0 saturated carbocycles. The molecular formula is C14H21FN2O2. The van der Waals surface area contributed by atoms with Crippen LogP contribution >= 0.6 is 0 Å². The van der Waals surface area contributed by atoms with E-state index in [2.05, 4.69) is 5.32 Å². The maximum absolute atomic E-state index is 13.3. The number of nitrogens with one attached hydrogen (secondary N) is 1. The van der Waals surface area contributed by atoms with Gasteiger partial charge in [-0.3, -0.25) is 4.79 Å². The smallest absolute Gasteiger partial charge is 0.223 e. The van der Waals surface area contributed by atoms with Gasteiger partial charge in [0.15, 0.2) is 0 Å². The van der Waals surface area contributed by atoms with Crippen molar-refractivity contribution >= 4 is 5.91 Å². The molecule has 1 amide bonds. The molecule has 1 aromatic rings. The Bertz CT molecular complexity index is 422. The van der Waals surface area contributed by atoms with Gasteiger partial charge < -0.3 is 15.8 Å². The average molecular weight is 268 g/mol. The van der Waals surface area contributed by atoms with E-state index in [1.54, 1.807) is 6.07 Å². The van der Waals surface area contributed by atoms with Crippen molar-refractivity contribution in [3.05, 3.63) is 29.6 Å². The minimum absolute atomic E-state index is 0.0754. The van der Waals surface area contributed by atoms with Gasteiger partial charge in [-0.15, -0.1) is 0 Å². The zero-order valence-electron chi connectivity index (χ0n) is 11.4. The Balaban J connectivity index is 2.46. The molecule has 3 N–H and O–H groups in total. The van der Waals surface area contributed by atoms with Gasteiger partial charge in [-0.2, -0.15) is 0 Å². The number of amides is 1. The number of hydrogen-bond donors (Lipinski definition) is 2. The zero-order chi connectivity index (χ0) is 14.3. The lowest BCUT2D eigenvalue weighted by Crippen LogP contribution is -2.31. The van der Waals surface area contributed by atoms with E-state index in [1.807, 2.05) is 13.8 Å². The van der Waals surface area contributed by atoms with Crippen LogP contribution in [0.15, 0.2) is 18.2 Å². The lowest BCUT2D eigenvalue weighted by molar-refractivity contribution is -0.122. The maximum Gasteiger partial charge on any atom is 0.223 e. The average Bonchev–Trinajstić information content (AvgIpc) is 2.27. The molecule has 0 atom stereocenters. The summed E-state index contributed by atoms with van der Waals surface area (Å²) in [6, 6.07) is 4.60. The van der Waals surface area contributed by atoms with Crippen molar-refractivity contribution in [2.45, 2.75) is 32.7 Å². The van der Waals surface area contributed by atoms with Crippen molar-refractivity contribution < 1.29 is 13.9 Å². The molecule has 0 aromatic heterocycles. The highest BCUT2D eigenvalue weighted by Crippen LogP contribution is 2.17. The molecule has 0 radical (unpaired) electrons. The predicted octanol–water partition coefficient (Wildman–Crippen LogP) is 1.62. The first-order valence-electron chi connectivity index (χ1n) is 6.43. The topological polar surface area (TPSA) is 64.3 Å². The van der Waals surface area contributed by atoms with Crippen LogP contribution in [0.2, 0.25) is 0 Å². The molecule has 0 saturated heterocycles. The molecule has 0 aliphatic heterocycles. The van der Waals surface area contributed by atoms with Crippen molar-refractivity contribution in [3.8, 4) is 5.75 Å². The van der Waals surface area contributed by atoms with Crippen molar-refractivity contribution in [2.75, 3.05) is 13.2 Å². The summed E-state index contributed by atoms with van der Waals surface area (Å²) >= 11 is 0. The summed E-state index contributed by atoms with van der Waals surface area (Å²) in [6.45, 7) is 4.47. The normalized spacial score (nSPS) is 10.6. The Kier molecular flexibility index (Phi) is 6.29. The summed E-state index contributed by atoms with van der Waals surface area (Å²) in [4.78, 5) is 11.4. The third-order valence-corrected chi connectivity index (χ3v) is 2.41. The van der Waals surface area contributed by atoms with Gasteiger partial charge >= 0.3 is 0 Å². The number of ether oxygens (including phenoxy) is 1. The van der Waals surface area contributed by atoms with E-state index < -0.39 is 0 Å². The molecule has 4 nitrogen and oxygen atoms in total. The largest absolute Gasteiger partial charge is 0.493 e. The fourth-order valence-electron chi connectivity index (χ4n) is 1.67. The van der Waals surface area contributed by atoms with Crippen LogP contribution in [0.5, 0.6) is 5.75 Å². The van der Waals surface area contributed by atoms with Crippen LogP contribution in [0.4, 0.5) is 4.39 Å². The molecule has 0 bridgehead atoms. The number of nitrogens with two attached hydrogens (primary N) is 1. The summed E-state index contributed by atoms with van der Waals surface area (Å²) in [5, 5.41) is 2.76. The predicted molar refractivity (Wildman–Crippen MR) is 72.5 cm³/mol. The summed E-state index contributed by atoms with van der Waals surface area (Å²) in [5.74, 6) is 0.00182. The van der Waals surface area contributed by atoms with Gasteiger partial charge in [-0.05, 0) is 44.5 Å². The molecular weight excluding hydrogens is 247 g/mol. The van der Waals surface area contributed by atoms with E-state index in [1.165, 1.54) is 12.1 Å². The molecule has 0 heterocycles. The van der Waals surface area contributed by atoms with E-state index in [-0.39, 0.29) is 30.8 Å². The van der Waals surface area contributed by atoms with Crippen molar-refractivity contribution in [3.63, 3.8) is 0 Å². The summed E-state index contributed by atoms with van der Waals surface area (Å²) in [6.07, 6.45) is 0.850. The van der Waals surface area contributed by atoms with Crippen molar-refractivity contribution in [1.29, 1.82) is 0 Å². The third-order valence-electron chi connectivity index (χ3n) is 2.41. The number of carbonyl (C=O) groups excluding carboxylic acids is 1. The lowest BCUT2D eigenvalue weighted by Gasteiger charge is -2.10. The fourth-order valence-corrected chi connectivity index (χ4v) is 1.67. The van der Waals surface area contributed by atoms with Crippen LogP contribution < -0.4 is 15.8 Å². The van der Waals surface area contributed by atoms with E-state index in [4.69, 9.17) is 10.5 Å². The molecule has 1 rings (SSSR count). The molecule has 0 unspecified atom stereocenters. The number of hydrogen-bond acceptors (Lipinski definition) is 3. The molecule has 5 heteroatoms. The van der Waals surface area contributed by atoms with Gasteiger partial charge in [-0.1, -0.05) is 0 Å². The molecule has 0 spiro atoms. The van der Waals surface area contributed by atoms with Crippen LogP contribution in [0.3, 0.4) is 0 Å². The van der Waals surface area contributed by atoms with Gasteiger partial charge in [0.2, 0.25) is 5.91 Å². The first-order valence-corrected chi connectivity index (χ1v) is 6.43. The van der Waals surface area contributed by atoms with Crippen LogP contribution in [0.25, 0.3) is 0 Å². The van der Waals surface area contributed by atoms with Gasteiger partial charge in [0.05, 0.1) is 13.0 Å². The van der Waals surface area contributed by atoms with Crippen LogP contribution in [-0.4, -0.2) is 25.1 Å². The van der Waals surface area contributed by atoms with Crippen LogP contribution in [0.1, 0.15) is 25.8 Å². The Labute approximate surface area is 113 Å². The van der Waals surface area contributed by atoms with E-state index >= 15 is 0 Å². The Morgan fingerprint density at radius 2 is 2.16 bits per heavy atom. The quantitative estimate of drug-likeness (QED) is 0.790. The standard InChI is InChI=1S/C14H21FN2O2/c1-10(2)17-14(18)4-6-19-13-8-11(3-5-16)7-12(15)9-13/h7-10H,3-6,16H2,1-2H3,(H,17,18). The number of halogens is 1. The summed E-state index contributed by atoms with van der Waals surface area (Å²) in [5.41, 5.74) is 6.23. The summed E-state index contributed by atoms with van der Waals surface area (Å²) in [7, 11) is 0. The highest BCUT2D eigenvalue weighted by molar-refractivity contribution is 5.76. The number of rotatable bonds is 7.